The van der Waals surface area contributed by atoms with Gasteiger partial charge in [0, 0.05) is 17.1 Å². The van der Waals surface area contributed by atoms with E-state index in [1.54, 1.807) is 11.3 Å². The van der Waals surface area contributed by atoms with Crippen LogP contribution in [0, 0.1) is 5.92 Å². The maximum atomic E-state index is 12.3. The SMILES string of the molecule is CCNC1COCC1C(=O)NC(C)c1ncc(CC)s1. The second-order valence-electron chi connectivity index (χ2n) is 5.06. The number of likely N-dealkylation sites (N-methyl/N-ethyl adjacent to an activating group) is 1. The molecule has 1 aliphatic rings. The summed E-state index contributed by atoms with van der Waals surface area (Å²) in [6.45, 7) is 8.08. The normalized spacial score (nSPS) is 23.8. The first-order valence-electron chi connectivity index (χ1n) is 7.21. The molecule has 0 aliphatic carbocycles. The summed E-state index contributed by atoms with van der Waals surface area (Å²) in [4.78, 5) is 18.0. The van der Waals surface area contributed by atoms with Crippen molar-refractivity contribution in [2.45, 2.75) is 39.3 Å². The number of aryl methyl sites for hydroxylation is 1. The molecule has 1 aromatic rings. The van der Waals surface area contributed by atoms with Gasteiger partial charge in [-0.15, -0.1) is 11.3 Å². The third kappa shape index (κ3) is 3.56. The summed E-state index contributed by atoms with van der Waals surface area (Å²) in [5.74, 6) is -0.0581. The van der Waals surface area contributed by atoms with Crippen molar-refractivity contribution in [1.29, 1.82) is 0 Å². The molecule has 3 atom stereocenters. The molecule has 2 rings (SSSR count). The second kappa shape index (κ2) is 7.15. The molecule has 1 saturated heterocycles. The number of nitrogens with one attached hydrogen (secondary N) is 2. The van der Waals surface area contributed by atoms with Gasteiger partial charge in [0.05, 0.1) is 25.2 Å². The highest BCUT2D eigenvalue weighted by Gasteiger charge is 2.34. The predicted molar refractivity (Wildman–Crippen MR) is 79.8 cm³/mol. The van der Waals surface area contributed by atoms with Gasteiger partial charge in [0.2, 0.25) is 5.91 Å². The molecule has 0 saturated carbocycles. The quantitative estimate of drug-likeness (QED) is 0.835. The van der Waals surface area contributed by atoms with Crippen LogP contribution in [-0.4, -0.2) is 36.7 Å². The molecule has 0 spiro atoms. The minimum atomic E-state index is -0.108. The molecule has 6 heteroatoms. The number of hydrogen-bond donors (Lipinski definition) is 2. The van der Waals surface area contributed by atoms with E-state index in [1.165, 1.54) is 4.88 Å². The van der Waals surface area contributed by atoms with Crippen molar-refractivity contribution in [3.63, 3.8) is 0 Å². The van der Waals surface area contributed by atoms with E-state index >= 15 is 0 Å². The second-order valence-corrected chi connectivity index (χ2v) is 6.20. The molecular formula is C14H23N3O2S. The molecule has 0 radical (unpaired) electrons. The maximum Gasteiger partial charge on any atom is 0.227 e. The van der Waals surface area contributed by atoms with Crippen molar-refractivity contribution in [2.24, 2.45) is 5.92 Å². The van der Waals surface area contributed by atoms with Gasteiger partial charge >= 0.3 is 0 Å². The van der Waals surface area contributed by atoms with Gasteiger partial charge < -0.3 is 15.4 Å². The zero-order valence-electron chi connectivity index (χ0n) is 12.3. The molecule has 1 amide bonds. The molecule has 3 unspecified atom stereocenters. The molecular weight excluding hydrogens is 274 g/mol. The van der Waals surface area contributed by atoms with Crippen LogP contribution >= 0.6 is 11.3 Å². The standard InChI is InChI=1S/C14H23N3O2S/c1-4-10-6-16-14(20-10)9(3)17-13(18)11-7-19-8-12(11)15-5-2/h6,9,11-12,15H,4-5,7-8H2,1-3H3,(H,17,18). The van der Waals surface area contributed by atoms with E-state index in [0.29, 0.717) is 13.2 Å². The van der Waals surface area contributed by atoms with Gasteiger partial charge in [-0.05, 0) is 19.9 Å². The Morgan fingerprint density at radius 3 is 3.00 bits per heavy atom. The minimum absolute atomic E-state index is 0.0457. The highest BCUT2D eigenvalue weighted by Crippen LogP contribution is 2.21. The van der Waals surface area contributed by atoms with Crippen molar-refractivity contribution >= 4 is 17.2 Å². The van der Waals surface area contributed by atoms with E-state index in [0.717, 1.165) is 18.0 Å². The van der Waals surface area contributed by atoms with Crippen LogP contribution < -0.4 is 10.6 Å². The lowest BCUT2D eigenvalue weighted by Crippen LogP contribution is -2.44. The van der Waals surface area contributed by atoms with Crippen LogP contribution in [-0.2, 0) is 16.0 Å². The summed E-state index contributed by atoms with van der Waals surface area (Å²) in [6.07, 6.45) is 2.88. The number of hydrogen-bond acceptors (Lipinski definition) is 5. The van der Waals surface area contributed by atoms with Gasteiger partial charge in [0.1, 0.15) is 5.01 Å². The molecule has 2 N–H and O–H groups in total. The minimum Gasteiger partial charge on any atom is -0.379 e. The van der Waals surface area contributed by atoms with Gasteiger partial charge in [-0.3, -0.25) is 4.79 Å². The number of amides is 1. The van der Waals surface area contributed by atoms with Gasteiger partial charge in [0.15, 0.2) is 0 Å². The third-order valence-corrected chi connectivity index (χ3v) is 4.86. The number of aromatic nitrogens is 1. The third-order valence-electron chi connectivity index (χ3n) is 3.53. The van der Waals surface area contributed by atoms with E-state index in [2.05, 4.69) is 22.5 Å². The van der Waals surface area contributed by atoms with Crippen molar-refractivity contribution in [3.8, 4) is 0 Å². The fourth-order valence-corrected chi connectivity index (χ4v) is 3.20. The monoisotopic (exact) mass is 297 g/mol. The highest BCUT2D eigenvalue weighted by molar-refractivity contribution is 7.11. The number of carbonyl (C=O) groups is 1. The number of rotatable bonds is 6. The summed E-state index contributed by atoms with van der Waals surface area (Å²) in [5, 5.41) is 7.32. The first-order chi connectivity index (χ1) is 9.65. The Labute approximate surface area is 124 Å². The Morgan fingerprint density at radius 2 is 2.35 bits per heavy atom. The fraction of sp³-hybridized carbons (Fsp3) is 0.714. The smallest absolute Gasteiger partial charge is 0.227 e. The van der Waals surface area contributed by atoms with Gasteiger partial charge in [0.25, 0.3) is 0 Å². The van der Waals surface area contributed by atoms with Gasteiger partial charge in [-0.2, -0.15) is 0 Å². The van der Waals surface area contributed by atoms with Crippen molar-refractivity contribution < 1.29 is 9.53 Å². The van der Waals surface area contributed by atoms with Crippen LogP contribution in [0.15, 0.2) is 6.20 Å². The molecule has 1 aliphatic heterocycles. The van der Waals surface area contributed by atoms with E-state index in [4.69, 9.17) is 4.74 Å². The van der Waals surface area contributed by atoms with Gasteiger partial charge in [-0.1, -0.05) is 13.8 Å². The Kier molecular flexibility index (Phi) is 5.51. The first kappa shape index (κ1) is 15.4. The molecule has 20 heavy (non-hydrogen) atoms. The summed E-state index contributed by atoms with van der Waals surface area (Å²) in [7, 11) is 0. The number of carbonyl (C=O) groups excluding carboxylic acids is 1. The average molecular weight is 297 g/mol. The molecule has 2 heterocycles. The topological polar surface area (TPSA) is 63.2 Å². The zero-order chi connectivity index (χ0) is 14.5. The van der Waals surface area contributed by atoms with Crippen LogP contribution in [0.3, 0.4) is 0 Å². The zero-order valence-corrected chi connectivity index (χ0v) is 13.1. The van der Waals surface area contributed by atoms with Crippen LogP contribution in [0.5, 0.6) is 0 Å². The van der Waals surface area contributed by atoms with Crippen LogP contribution in [0.25, 0.3) is 0 Å². The predicted octanol–water partition coefficient (Wildman–Crippen LogP) is 1.51. The molecule has 1 fully saturated rings. The number of nitrogens with zero attached hydrogens (tertiary/aromatic N) is 1. The maximum absolute atomic E-state index is 12.3. The molecule has 0 bridgehead atoms. The molecule has 112 valence electrons. The lowest BCUT2D eigenvalue weighted by Gasteiger charge is -2.20. The van der Waals surface area contributed by atoms with Gasteiger partial charge in [-0.25, -0.2) is 4.98 Å². The molecule has 1 aromatic heterocycles. The fourth-order valence-electron chi connectivity index (χ4n) is 2.34. The van der Waals surface area contributed by atoms with Crippen LogP contribution in [0.2, 0.25) is 0 Å². The lowest BCUT2D eigenvalue weighted by atomic mass is 10.0. The summed E-state index contributed by atoms with van der Waals surface area (Å²) < 4.78 is 5.42. The first-order valence-corrected chi connectivity index (χ1v) is 8.03. The number of ether oxygens (including phenoxy) is 1. The van der Waals surface area contributed by atoms with Crippen LogP contribution in [0.4, 0.5) is 0 Å². The summed E-state index contributed by atoms with van der Waals surface area (Å²) >= 11 is 1.66. The average Bonchev–Trinajstić information content (AvgIpc) is 3.07. The molecule has 0 aromatic carbocycles. The summed E-state index contributed by atoms with van der Waals surface area (Å²) in [6, 6.07) is 0.0744. The highest BCUT2D eigenvalue weighted by atomic mass is 32.1. The Bertz CT molecular complexity index is 449. The van der Waals surface area contributed by atoms with Crippen molar-refractivity contribution in [2.75, 3.05) is 19.8 Å². The van der Waals surface area contributed by atoms with Crippen LogP contribution in [0.1, 0.15) is 36.7 Å². The number of thiazole rings is 1. The Balaban J connectivity index is 1.93. The van der Waals surface area contributed by atoms with E-state index in [1.807, 2.05) is 20.0 Å². The van der Waals surface area contributed by atoms with Crippen molar-refractivity contribution in [3.05, 3.63) is 16.1 Å². The van der Waals surface area contributed by atoms with E-state index < -0.39 is 0 Å². The summed E-state index contributed by atoms with van der Waals surface area (Å²) in [5.41, 5.74) is 0. The molecule has 5 nitrogen and oxygen atoms in total. The largest absolute Gasteiger partial charge is 0.379 e. The van der Waals surface area contributed by atoms with E-state index in [9.17, 15) is 4.79 Å². The lowest BCUT2D eigenvalue weighted by molar-refractivity contribution is -0.126. The van der Waals surface area contributed by atoms with E-state index in [-0.39, 0.29) is 23.9 Å². The Hall–Kier alpha value is -0.980. The van der Waals surface area contributed by atoms with Crippen molar-refractivity contribution in [1.82, 2.24) is 15.6 Å². The Morgan fingerprint density at radius 1 is 1.55 bits per heavy atom.